The lowest BCUT2D eigenvalue weighted by atomic mass is 9.93. The highest BCUT2D eigenvalue weighted by molar-refractivity contribution is 7.25. The van der Waals surface area contributed by atoms with E-state index in [-0.39, 0.29) is 0 Å². The molecule has 0 aliphatic heterocycles. The van der Waals surface area contributed by atoms with Crippen molar-refractivity contribution in [2.75, 3.05) is 0 Å². The number of thiophene rings is 1. The fourth-order valence-corrected chi connectivity index (χ4v) is 7.14. The Bertz CT molecular complexity index is 2220. The molecule has 0 spiro atoms. The zero-order valence-corrected chi connectivity index (χ0v) is 22.5. The molecule has 2 nitrogen and oxygen atoms in total. The Morgan fingerprint density at radius 1 is 0.513 bits per heavy atom. The summed E-state index contributed by atoms with van der Waals surface area (Å²) in [5.74, 6) is 0. The van der Waals surface area contributed by atoms with Gasteiger partial charge >= 0.3 is 0 Å². The molecule has 184 valence electrons. The maximum absolute atomic E-state index is 5.24. The van der Waals surface area contributed by atoms with Gasteiger partial charge in [0, 0.05) is 36.5 Å². The van der Waals surface area contributed by atoms with E-state index in [9.17, 15) is 0 Å². The Labute approximate surface area is 230 Å². The van der Waals surface area contributed by atoms with Crippen LogP contribution in [-0.4, -0.2) is 9.97 Å². The Morgan fingerprint density at radius 3 is 1.87 bits per heavy atom. The maximum Gasteiger partial charge on any atom is 0.0979 e. The normalized spacial score (nSPS) is 11.8. The monoisotopic (exact) mass is 516 g/mol. The molecule has 0 unspecified atom stereocenters. The van der Waals surface area contributed by atoms with Crippen molar-refractivity contribution in [3.05, 3.63) is 120 Å². The van der Waals surface area contributed by atoms with Crippen LogP contribution < -0.4 is 0 Å². The molecule has 8 rings (SSSR count). The average Bonchev–Trinajstić information content (AvgIpc) is 3.36. The predicted octanol–water partition coefficient (Wildman–Crippen LogP) is 10.3. The lowest BCUT2D eigenvalue weighted by molar-refractivity contribution is 1.28. The van der Waals surface area contributed by atoms with Gasteiger partial charge in [-0.05, 0) is 71.1 Å². The maximum atomic E-state index is 5.24. The second-order valence-electron chi connectivity index (χ2n) is 10.3. The molecule has 0 saturated carbocycles. The minimum absolute atomic E-state index is 0.911. The van der Waals surface area contributed by atoms with Gasteiger partial charge in [0.2, 0.25) is 0 Å². The van der Waals surface area contributed by atoms with Crippen molar-refractivity contribution in [1.29, 1.82) is 0 Å². The summed E-state index contributed by atoms with van der Waals surface area (Å²) in [5, 5.41) is 7.37. The van der Waals surface area contributed by atoms with Gasteiger partial charge in [-0.1, -0.05) is 78.9 Å². The van der Waals surface area contributed by atoms with Crippen LogP contribution in [0.2, 0.25) is 0 Å². The summed E-state index contributed by atoms with van der Waals surface area (Å²) in [5.41, 5.74) is 8.90. The van der Waals surface area contributed by atoms with Crippen molar-refractivity contribution in [2.24, 2.45) is 0 Å². The standard InChI is InChI=1S/C36H24N2S/c1-21-18-30(22(2)17-29(21)23-15-16-34-31(19-23)26-11-7-8-14-33(26)39-34)32-20-37-35-27-12-5-3-9-24(27)25-10-4-6-13-28(25)36(35)38-32/h3-20H,1-2H3. The molecule has 8 aromatic rings. The van der Waals surface area contributed by atoms with Crippen LogP contribution in [0.3, 0.4) is 0 Å². The van der Waals surface area contributed by atoms with Crippen LogP contribution in [-0.2, 0) is 0 Å². The van der Waals surface area contributed by atoms with E-state index in [4.69, 9.17) is 9.97 Å². The first kappa shape index (κ1) is 22.4. The number of hydrogen-bond donors (Lipinski definition) is 0. The molecule has 0 radical (unpaired) electrons. The fraction of sp³-hybridized carbons (Fsp3) is 0.0556. The lowest BCUT2D eigenvalue weighted by Gasteiger charge is -2.14. The Kier molecular flexibility index (Phi) is 4.85. The molecule has 0 N–H and O–H groups in total. The number of rotatable bonds is 2. The number of aromatic nitrogens is 2. The zero-order valence-electron chi connectivity index (χ0n) is 21.7. The van der Waals surface area contributed by atoms with Gasteiger partial charge in [0.25, 0.3) is 0 Å². The van der Waals surface area contributed by atoms with Crippen LogP contribution in [0.15, 0.2) is 109 Å². The molecule has 0 saturated heterocycles. The third kappa shape index (κ3) is 3.40. The van der Waals surface area contributed by atoms with Gasteiger partial charge < -0.3 is 0 Å². The van der Waals surface area contributed by atoms with E-state index in [1.165, 1.54) is 53.2 Å². The highest BCUT2D eigenvalue weighted by Gasteiger charge is 2.15. The van der Waals surface area contributed by atoms with E-state index in [0.717, 1.165) is 33.1 Å². The highest BCUT2D eigenvalue weighted by atomic mass is 32.1. The smallest absolute Gasteiger partial charge is 0.0979 e. The number of nitrogens with zero attached hydrogens (tertiary/aromatic N) is 2. The molecule has 0 bridgehead atoms. The fourth-order valence-electron chi connectivity index (χ4n) is 6.05. The van der Waals surface area contributed by atoms with Crippen LogP contribution in [0.5, 0.6) is 0 Å². The van der Waals surface area contributed by atoms with Gasteiger partial charge in [0.15, 0.2) is 0 Å². The van der Waals surface area contributed by atoms with Gasteiger partial charge in [-0.2, -0.15) is 0 Å². The number of hydrogen-bond acceptors (Lipinski definition) is 3. The Morgan fingerprint density at radius 2 is 1.10 bits per heavy atom. The molecule has 2 heterocycles. The summed E-state index contributed by atoms with van der Waals surface area (Å²) in [7, 11) is 0. The first-order valence-corrected chi connectivity index (χ1v) is 14.1. The Balaban J connectivity index is 1.30. The summed E-state index contributed by atoms with van der Waals surface area (Å²) in [4.78, 5) is 10.2. The van der Waals surface area contributed by atoms with E-state index in [0.29, 0.717) is 0 Å². The van der Waals surface area contributed by atoms with E-state index in [2.05, 4.69) is 117 Å². The molecular formula is C36H24N2S. The average molecular weight is 517 g/mol. The van der Waals surface area contributed by atoms with Gasteiger partial charge in [-0.15, -0.1) is 11.3 Å². The first-order chi connectivity index (χ1) is 19.2. The van der Waals surface area contributed by atoms with Gasteiger partial charge in [-0.25, -0.2) is 4.98 Å². The minimum atomic E-state index is 0.911. The summed E-state index contributed by atoms with van der Waals surface area (Å²) in [6.07, 6.45) is 1.94. The van der Waals surface area contributed by atoms with E-state index >= 15 is 0 Å². The van der Waals surface area contributed by atoms with Crippen molar-refractivity contribution >= 4 is 64.1 Å². The largest absolute Gasteiger partial charge is 0.252 e. The van der Waals surface area contributed by atoms with E-state index in [1.807, 2.05) is 17.5 Å². The lowest BCUT2D eigenvalue weighted by Crippen LogP contribution is -1.95. The first-order valence-electron chi connectivity index (χ1n) is 13.3. The van der Waals surface area contributed by atoms with E-state index in [1.54, 1.807) is 0 Å². The predicted molar refractivity (Wildman–Crippen MR) is 168 cm³/mol. The van der Waals surface area contributed by atoms with Crippen molar-refractivity contribution in [2.45, 2.75) is 13.8 Å². The molecule has 0 atom stereocenters. The molecular weight excluding hydrogens is 492 g/mol. The van der Waals surface area contributed by atoms with Crippen molar-refractivity contribution in [3.63, 3.8) is 0 Å². The second-order valence-corrected chi connectivity index (χ2v) is 11.4. The molecule has 6 aromatic carbocycles. The Hall–Kier alpha value is -4.60. The number of benzene rings is 6. The summed E-state index contributed by atoms with van der Waals surface area (Å²) in [6.45, 7) is 4.38. The molecule has 0 amide bonds. The van der Waals surface area contributed by atoms with Crippen LogP contribution >= 0.6 is 11.3 Å². The summed E-state index contributed by atoms with van der Waals surface area (Å²) >= 11 is 1.86. The van der Waals surface area contributed by atoms with Crippen LogP contribution in [0.25, 0.3) is 75.1 Å². The van der Waals surface area contributed by atoms with Crippen molar-refractivity contribution in [3.8, 4) is 22.4 Å². The van der Waals surface area contributed by atoms with Crippen molar-refractivity contribution in [1.82, 2.24) is 9.97 Å². The molecule has 0 fully saturated rings. The van der Waals surface area contributed by atoms with E-state index < -0.39 is 0 Å². The third-order valence-corrected chi connectivity index (χ3v) is 9.11. The number of aryl methyl sites for hydroxylation is 2. The molecule has 0 aliphatic rings. The van der Waals surface area contributed by atoms with Crippen LogP contribution in [0, 0.1) is 13.8 Å². The molecule has 0 aliphatic carbocycles. The SMILES string of the molecule is Cc1cc(-c2cnc3c4ccccc4c4ccccc4c3n2)c(C)cc1-c1ccc2sc3ccccc3c2c1. The highest BCUT2D eigenvalue weighted by Crippen LogP contribution is 2.39. The topological polar surface area (TPSA) is 25.8 Å². The minimum Gasteiger partial charge on any atom is -0.252 e. The third-order valence-electron chi connectivity index (χ3n) is 7.96. The van der Waals surface area contributed by atoms with Gasteiger partial charge in [0.05, 0.1) is 22.9 Å². The van der Waals surface area contributed by atoms with Crippen LogP contribution in [0.4, 0.5) is 0 Å². The van der Waals surface area contributed by atoms with Gasteiger partial charge in [-0.3, -0.25) is 4.98 Å². The van der Waals surface area contributed by atoms with Crippen LogP contribution in [0.1, 0.15) is 11.1 Å². The van der Waals surface area contributed by atoms with Gasteiger partial charge in [0.1, 0.15) is 0 Å². The van der Waals surface area contributed by atoms with Crippen molar-refractivity contribution < 1.29 is 0 Å². The number of fused-ring (bicyclic) bond motifs is 9. The molecule has 2 aromatic heterocycles. The molecule has 3 heteroatoms. The zero-order chi connectivity index (χ0) is 26.1. The summed E-state index contributed by atoms with van der Waals surface area (Å²) in [6, 6.07) is 37.2. The second kappa shape index (κ2) is 8.45. The molecule has 39 heavy (non-hydrogen) atoms. The summed E-state index contributed by atoms with van der Waals surface area (Å²) < 4.78 is 2.67. The quantitative estimate of drug-likeness (QED) is 0.214.